The molecule has 1 aromatic heterocycles. The molecule has 0 saturated carbocycles. The van der Waals surface area contributed by atoms with Gasteiger partial charge in [-0.1, -0.05) is 78.1 Å². The number of aromatic nitrogens is 2. The number of fused-ring (bicyclic) bond motifs is 1. The van der Waals surface area contributed by atoms with E-state index in [2.05, 4.69) is 37.0 Å². The molecule has 1 heterocycles. The lowest BCUT2D eigenvalue weighted by Crippen LogP contribution is -2.29. The molecule has 38 heavy (non-hydrogen) atoms. The van der Waals surface area contributed by atoms with Crippen LogP contribution in [0.1, 0.15) is 44.6 Å². The summed E-state index contributed by atoms with van der Waals surface area (Å²) in [7, 11) is 0. The zero-order valence-corrected chi connectivity index (χ0v) is 25.9. The summed E-state index contributed by atoms with van der Waals surface area (Å²) >= 11 is 20.0. The Hall–Kier alpha value is -2.39. The van der Waals surface area contributed by atoms with Gasteiger partial charge in [0, 0.05) is 30.5 Å². The van der Waals surface area contributed by atoms with E-state index < -0.39 is 5.41 Å². The van der Waals surface area contributed by atoms with Crippen molar-refractivity contribution in [2.24, 2.45) is 5.10 Å². The van der Waals surface area contributed by atoms with Gasteiger partial charge in [-0.2, -0.15) is 9.78 Å². The molecule has 0 radical (unpaired) electrons. The molecule has 0 saturated heterocycles. The molecule has 4 aromatic rings. The van der Waals surface area contributed by atoms with Gasteiger partial charge >= 0.3 is 0 Å². The highest BCUT2D eigenvalue weighted by Crippen LogP contribution is 2.43. The molecule has 0 amide bonds. The first-order chi connectivity index (χ1) is 18.0. The molecule has 10 heteroatoms. The maximum Gasteiger partial charge on any atom is 0.282 e. The van der Waals surface area contributed by atoms with Crippen LogP contribution in [0.2, 0.25) is 10.0 Å². The van der Waals surface area contributed by atoms with Crippen LogP contribution in [-0.2, 0) is 12.0 Å². The topological polar surface area (TPSA) is 65.7 Å². The van der Waals surface area contributed by atoms with Gasteiger partial charge in [0.1, 0.15) is 17.5 Å². The minimum atomic E-state index is -0.445. The van der Waals surface area contributed by atoms with Crippen LogP contribution in [0.15, 0.2) is 67.4 Å². The Bertz CT molecular complexity index is 1600. The van der Waals surface area contributed by atoms with Gasteiger partial charge in [0.2, 0.25) is 0 Å². The molecule has 0 atom stereocenters. The Morgan fingerprint density at radius 2 is 1.82 bits per heavy atom. The summed E-state index contributed by atoms with van der Waals surface area (Å²) < 4.78 is 14.5. The Morgan fingerprint density at radius 1 is 1.08 bits per heavy atom. The third kappa shape index (κ3) is 6.09. The van der Waals surface area contributed by atoms with E-state index in [1.807, 2.05) is 58.0 Å². The molecule has 4 rings (SSSR count). The van der Waals surface area contributed by atoms with E-state index in [0.29, 0.717) is 54.9 Å². The number of rotatable bonds is 7. The summed E-state index contributed by atoms with van der Waals surface area (Å²) in [5, 5.41) is 5.93. The fourth-order valence-electron chi connectivity index (χ4n) is 3.72. The van der Waals surface area contributed by atoms with Crippen molar-refractivity contribution in [3.63, 3.8) is 0 Å². The van der Waals surface area contributed by atoms with Gasteiger partial charge in [0.25, 0.3) is 5.56 Å². The van der Waals surface area contributed by atoms with Crippen LogP contribution in [-0.4, -0.2) is 22.5 Å². The number of benzene rings is 3. The Balaban J connectivity index is 1.79. The summed E-state index contributed by atoms with van der Waals surface area (Å²) in [4.78, 5) is 18.2. The third-order valence-corrected chi connectivity index (χ3v) is 7.88. The summed E-state index contributed by atoms with van der Waals surface area (Å²) in [5.74, 6) is 1.35. The lowest BCUT2D eigenvalue weighted by molar-refractivity contribution is 0.269. The number of halogens is 4. The molecule has 3 aromatic carbocycles. The lowest BCUT2D eigenvalue weighted by Gasteiger charge is -2.21. The minimum absolute atomic E-state index is 0.210. The second kappa shape index (κ2) is 11.8. The molecule has 0 aliphatic carbocycles. The molecule has 0 aliphatic heterocycles. The second-order valence-corrected chi connectivity index (χ2v) is 11.9. The van der Waals surface area contributed by atoms with Crippen LogP contribution < -0.4 is 15.0 Å². The molecular weight excluding hydrogens is 657 g/mol. The Kier molecular flexibility index (Phi) is 8.87. The zero-order chi connectivity index (χ0) is 27.6. The van der Waals surface area contributed by atoms with Crippen molar-refractivity contribution in [2.45, 2.75) is 39.7 Å². The normalized spacial score (nSPS) is 11.9. The number of hydrogen-bond donors (Lipinski definition) is 0. The van der Waals surface area contributed by atoms with Crippen molar-refractivity contribution in [1.82, 2.24) is 9.66 Å². The lowest BCUT2D eigenvalue weighted by atomic mass is 9.95. The molecule has 6 nitrogen and oxygen atoms in total. The van der Waals surface area contributed by atoms with Gasteiger partial charge in [0.05, 0.1) is 23.7 Å². The highest BCUT2D eigenvalue weighted by Gasteiger charge is 2.23. The van der Waals surface area contributed by atoms with Gasteiger partial charge in [-0.05, 0) is 53.2 Å². The molecule has 0 bridgehead atoms. The summed E-state index contributed by atoms with van der Waals surface area (Å²) in [5.41, 5.74) is 1.31. The van der Waals surface area contributed by atoms with Crippen LogP contribution in [0.25, 0.3) is 10.9 Å². The minimum Gasteiger partial charge on any atom is -0.490 e. The maximum atomic E-state index is 13.5. The average Bonchev–Trinajstić information content (AvgIpc) is 2.86. The Morgan fingerprint density at radius 3 is 2.50 bits per heavy atom. The quantitative estimate of drug-likeness (QED) is 0.184. The number of nitrogens with zero attached hydrogens (tertiary/aromatic N) is 3. The van der Waals surface area contributed by atoms with Crippen molar-refractivity contribution in [2.75, 3.05) is 6.61 Å². The van der Waals surface area contributed by atoms with E-state index in [1.54, 1.807) is 24.4 Å². The largest absolute Gasteiger partial charge is 0.490 e. The molecule has 198 valence electrons. The van der Waals surface area contributed by atoms with Crippen molar-refractivity contribution in [3.8, 4) is 11.5 Å². The summed E-state index contributed by atoms with van der Waals surface area (Å²) in [6, 6.07) is 14.6. The van der Waals surface area contributed by atoms with Gasteiger partial charge in [-0.15, -0.1) is 0 Å². The highest BCUT2D eigenvalue weighted by molar-refractivity contribution is 9.10. The number of ether oxygens (including phenoxy) is 2. The fourth-order valence-corrected chi connectivity index (χ4v) is 4.93. The van der Waals surface area contributed by atoms with E-state index in [4.69, 9.17) is 37.7 Å². The Labute approximate surface area is 247 Å². The smallest absolute Gasteiger partial charge is 0.282 e. The second-order valence-electron chi connectivity index (χ2n) is 9.44. The van der Waals surface area contributed by atoms with Crippen LogP contribution in [0.4, 0.5) is 0 Å². The standard InChI is InChI=1S/C28H25Br2Cl2N3O3/c1-5-37-22-12-17(23(30)24(32)25(22)38-15-16-8-6-7-9-20(16)31)14-33-35-26(36)19-13-18(29)10-11-21(19)34-27(35)28(2,3)4/h6-14H,5,15H2,1-4H3. The first-order valence-corrected chi connectivity index (χ1v) is 14.1. The van der Waals surface area contributed by atoms with Gasteiger partial charge in [-0.3, -0.25) is 4.79 Å². The van der Waals surface area contributed by atoms with Crippen LogP contribution >= 0.6 is 55.1 Å². The summed E-state index contributed by atoms with van der Waals surface area (Å²) in [6.07, 6.45) is 1.55. The molecule has 0 aliphatic rings. The van der Waals surface area contributed by atoms with E-state index in [9.17, 15) is 4.79 Å². The van der Waals surface area contributed by atoms with Crippen molar-refractivity contribution in [3.05, 3.63) is 94.8 Å². The maximum absolute atomic E-state index is 13.5. The van der Waals surface area contributed by atoms with Gasteiger partial charge < -0.3 is 9.47 Å². The van der Waals surface area contributed by atoms with Crippen molar-refractivity contribution >= 4 is 72.2 Å². The fraction of sp³-hybridized carbons (Fsp3) is 0.250. The molecule has 0 spiro atoms. The van der Waals surface area contributed by atoms with Crippen molar-refractivity contribution in [1.29, 1.82) is 0 Å². The van der Waals surface area contributed by atoms with Crippen LogP contribution in [0, 0.1) is 0 Å². The zero-order valence-electron chi connectivity index (χ0n) is 21.2. The molecular formula is C28H25Br2Cl2N3O3. The molecule has 0 fully saturated rings. The SMILES string of the molecule is CCOc1cc(C=Nn2c(C(C)(C)C)nc3ccc(Br)cc3c2=O)c(Br)c(Cl)c1OCc1ccccc1Cl. The number of hydrogen-bond acceptors (Lipinski definition) is 5. The summed E-state index contributed by atoms with van der Waals surface area (Å²) in [6.45, 7) is 8.43. The van der Waals surface area contributed by atoms with Gasteiger partial charge in [0.15, 0.2) is 11.5 Å². The first kappa shape index (κ1) is 28.6. The third-order valence-electron chi connectivity index (χ3n) is 5.58. The van der Waals surface area contributed by atoms with E-state index in [-0.39, 0.29) is 12.2 Å². The molecule has 0 unspecified atom stereocenters. The van der Waals surface area contributed by atoms with Crippen molar-refractivity contribution < 1.29 is 9.47 Å². The predicted octanol–water partition coefficient (Wildman–Crippen LogP) is 8.39. The predicted molar refractivity (Wildman–Crippen MR) is 161 cm³/mol. The first-order valence-electron chi connectivity index (χ1n) is 11.8. The average molecular weight is 682 g/mol. The van der Waals surface area contributed by atoms with E-state index in [0.717, 1.165) is 10.0 Å². The van der Waals surface area contributed by atoms with Gasteiger partial charge in [-0.25, -0.2) is 4.98 Å². The van der Waals surface area contributed by atoms with E-state index >= 15 is 0 Å². The highest BCUT2D eigenvalue weighted by atomic mass is 79.9. The van der Waals surface area contributed by atoms with Crippen LogP contribution in [0.3, 0.4) is 0 Å². The monoisotopic (exact) mass is 679 g/mol. The van der Waals surface area contributed by atoms with Crippen LogP contribution in [0.5, 0.6) is 11.5 Å². The molecule has 0 N–H and O–H groups in total. The van der Waals surface area contributed by atoms with E-state index in [1.165, 1.54) is 4.68 Å².